The summed E-state index contributed by atoms with van der Waals surface area (Å²) in [5.41, 5.74) is 3.17. The summed E-state index contributed by atoms with van der Waals surface area (Å²) in [6.45, 7) is 0. The Balaban J connectivity index is 1.71. The molecule has 1 N–H and O–H groups in total. The molecular formula is C26H24FNO4. The third-order valence-corrected chi connectivity index (χ3v) is 4.61. The molecule has 0 bridgehead atoms. The largest absolute Gasteiger partial charge is 0.493 e. The van der Waals surface area contributed by atoms with E-state index in [4.69, 9.17) is 14.2 Å². The summed E-state index contributed by atoms with van der Waals surface area (Å²) in [6, 6.07) is 17.1. The van der Waals surface area contributed by atoms with Gasteiger partial charge < -0.3 is 19.5 Å². The van der Waals surface area contributed by atoms with Crippen LogP contribution in [0.5, 0.6) is 17.2 Å². The third kappa shape index (κ3) is 5.98. The van der Waals surface area contributed by atoms with Gasteiger partial charge in [-0.2, -0.15) is 0 Å². The van der Waals surface area contributed by atoms with Crippen LogP contribution >= 0.6 is 0 Å². The van der Waals surface area contributed by atoms with Gasteiger partial charge in [0.05, 0.1) is 21.3 Å². The number of benzene rings is 3. The van der Waals surface area contributed by atoms with Gasteiger partial charge in [0.1, 0.15) is 5.82 Å². The van der Waals surface area contributed by atoms with Gasteiger partial charge in [0.2, 0.25) is 11.7 Å². The Hall–Kier alpha value is -4.06. The van der Waals surface area contributed by atoms with Gasteiger partial charge in [-0.3, -0.25) is 4.79 Å². The van der Waals surface area contributed by atoms with Crippen LogP contribution in [0, 0.1) is 5.82 Å². The van der Waals surface area contributed by atoms with Crippen molar-refractivity contribution in [3.63, 3.8) is 0 Å². The molecule has 0 atom stereocenters. The Kier molecular flexibility index (Phi) is 7.65. The fourth-order valence-electron chi connectivity index (χ4n) is 3.04. The van der Waals surface area contributed by atoms with Crippen LogP contribution in [0.2, 0.25) is 0 Å². The van der Waals surface area contributed by atoms with Gasteiger partial charge in [0.25, 0.3) is 0 Å². The SMILES string of the molecule is COc1cc(/C=C/c2cccc(NC(=O)/C=C/c3ccc(F)cc3)c2)cc(OC)c1OC. The lowest BCUT2D eigenvalue weighted by Crippen LogP contribution is -2.07. The molecule has 0 radical (unpaired) electrons. The number of carbonyl (C=O) groups is 1. The van der Waals surface area contributed by atoms with Gasteiger partial charge in [0, 0.05) is 11.8 Å². The summed E-state index contributed by atoms with van der Waals surface area (Å²) in [5.74, 6) is 1.08. The molecule has 6 heteroatoms. The number of hydrogen-bond acceptors (Lipinski definition) is 4. The highest BCUT2D eigenvalue weighted by molar-refractivity contribution is 6.02. The summed E-state index contributed by atoms with van der Waals surface area (Å²) in [6.07, 6.45) is 6.87. The molecular weight excluding hydrogens is 409 g/mol. The van der Waals surface area contributed by atoms with E-state index in [0.29, 0.717) is 22.9 Å². The zero-order chi connectivity index (χ0) is 22.9. The number of rotatable bonds is 8. The Labute approximate surface area is 186 Å². The fraction of sp³-hybridized carbons (Fsp3) is 0.115. The molecule has 0 unspecified atom stereocenters. The summed E-state index contributed by atoms with van der Waals surface area (Å²) in [5, 5.41) is 2.82. The average Bonchev–Trinajstić information content (AvgIpc) is 2.81. The second kappa shape index (κ2) is 10.8. The molecule has 0 aliphatic rings. The van der Waals surface area contributed by atoms with Gasteiger partial charge in [-0.05, 0) is 59.2 Å². The molecule has 3 aromatic carbocycles. The predicted molar refractivity (Wildman–Crippen MR) is 126 cm³/mol. The molecule has 0 saturated carbocycles. The normalized spacial score (nSPS) is 11.0. The average molecular weight is 433 g/mol. The highest BCUT2D eigenvalue weighted by Gasteiger charge is 2.12. The minimum Gasteiger partial charge on any atom is -0.493 e. The lowest BCUT2D eigenvalue weighted by atomic mass is 10.1. The van der Waals surface area contributed by atoms with Gasteiger partial charge in [-0.15, -0.1) is 0 Å². The number of amides is 1. The Morgan fingerprint density at radius 2 is 1.44 bits per heavy atom. The smallest absolute Gasteiger partial charge is 0.248 e. The molecule has 164 valence electrons. The van der Waals surface area contributed by atoms with E-state index in [0.717, 1.165) is 16.7 Å². The number of anilines is 1. The molecule has 0 saturated heterocycles. The van der Waals surface area contributed by atoms with Crippen LogP contribution in [0.4, 0.5) is 10.1 Å². The lowest BCUT2D eigenvalue weighted by molar-refractivity contribution is -0.111. The van der Waals surface area contributed by atoms with Crippen molar-refractivity contribution in [2.24, 2.45) is 0 Å². The molecule has 0 aromatic heterocycles. The van der Waals surface area contributed by atoms with Crippen LogP contribution in [0.3, 0.4) is 0 Å². The van der Waals surface area contributed by atoms with E-state index < -0.39 is 0 Å². The first-order valence-electron chi connectivity index (χ1n) is 9.85. The van der Waals surface area contributed by atoms with Crippen molar-refractivity contribution in [3.05, 3.63) is 89.2 Å². The molecule has 3 aromatic rings. The van der Waals surface area contributed by atoms with Crippen LogP contribution in [0.15, 0.2) is 66.7 Å². The van der Waals surface area contributed by atoms with Gasteiger partial charge in [0.15, 0.2) is 11.5 Å². The lowest BCUT2D eigenvalue weighted by Gasteiger charge is -2.12. The molecule has 32 heavy (non-hydrogen) atoms. The predicted octanol–water partition coefficient (Wildman–Crippen LogP) is 5.67. The molecule has 0 spiro atoms. The van der Waals surface area contributed by atoms with Crippen molar-refractivity contribution in [2.45, 2.75) is 0 Å². The Bertz CT molecular complexity index is 1110. The van der Waals surface area contributed by atoms with Crippen molar-refractivity contribution in [1.29, 1.82) is 0 Å². The van der Waals surface area contributed by atoms with Crippen molar-refractivity contribution in [1.82, 2.24) is 0 Å². The highest BCUT2D eigenvalue weighted by atomic mass is 19.1. The minimum absolute atomic E-state index is 0.278. The summed E-state index contributed by atoms with van der Waals surface area (Å²) in [7, 11) is 4.70. The number of nitrogens with one attached hydrogen (secondary N) is 1. The van der Waals surface area contributed by atoms with Crippen molar-refractivity contribution >= 4 is 29.8 Å². The second-order valence-electron chi connectivity index (χ2n) is 6.79. The molecule has 0 heterocycles. The number of carbonyl (C=O) groups excluding carboxylic acids is 1. The molecule has 0 fully saturated rings. The maximum atomic E-state index is 13.0. The summed E-state index contributed by atoms with van der Waals surface area (Å²) < 4.78 is 29.1. The molecule has 3 rings (SSSR count). The van der Waals surface area contributed by atoms with Crippen LogP contribution in [-0.2, 0) is 4.79 Å². The van der Waals surface area contributed by atoms with Gasteiger partial charge in [-0.1, -0.05) is 36.4 Å². The zero-order valence-corrected chi connectivity index (χ0v) is 18.1. The summed E-state index contributed by atoms with van der Waals surface area (Å²) in [4.78, 5) is 12.2. The van der Waals surface area contributed by atoms with E-state index in [1.807, 2.05) is 42.5 Å². The van der Waals surface area contributed by atoms with Crippen molar-refractivity contribution in [3.8, 4) is 17.2 Å². The monoisotopic (exact) mass is 433 g/mol. The van der Waals surface area contributed by atoms with E-state index in [1.165, 1.54) is 18.2 Å². The van der Waals surface area contributed by atoms with Crippen LogP contribution < -0.4 is 19.5 Å². The second-order valence-corrected chi connectivity index (χ2v) is 6.79. The zero-order valence-electron chi connectivity index (χ0n) is 18.1. The van der Waals surface area contributed by atoms with E-state index in [-0.39, 0.29) is 11.7 Å². The molecule has 5 nitrogen and oxygen atoms in total. The topological polar surface area (TPSA) is 56.8 Å². The first-order valence-corrected chi connectivity index (χ1v) is 9.85. The van der Waals surface area contributed by atoms with Crippen molar-refractivity contribution in [2.75, 3.05) is 26.6 Å². The maximum absolute atomic E-state index is 13.0. The van der Waals surface area contributed by atoms with Crippen LogP contribution in [-0.4, -0.2) is 27.2 Å². The van der Waals surface area contributed by atoms with E-state index in [2.05, 4.69) is 5.32 Å². The minimum atomic E-state index is -0.317. The fourth-order valence-corrected chi connectivity index (χ4v) is 3.04. The summed E-state index contributed by atoms with van der Waals surface area (Å²) >= 11 is 0. The van der Waals surface area contributed by atoms with E-state index >= 15 is 0 Å². The van der Waals surface area contributed by atoms with Gasteiger partial charge in [-0.25, -0.2) is 4.39 Å². The first-order chi connectivity index (χ1) is 15.5. The van der Waals surface area contributed by atoms with Crippen LogP contribution in [0.25, 0.3) is 18.2 Å². The van der Waals surface area contributed by atoms with Crippen LogP contribution in [0.1, 0.15) is 16.7 Å². The number of methoxy groups -OCH3 is 3. The Morgan fingerprint density at radius 3 is 2.06 bits per heavy atom. The van der Waals surface area contributed by atoms with E-state index in [9.17, 15) is 9.18 Å². The van der Waals surface area contributed by atoms with Crippen molar-refractivity contribution < 1.29 is 23.4 Å². The quantitative estimate of drug-likeness (QED) is 0.367. The third-order valence-electron chi connectivity index (χ3n) is 4.61. The molecule has 1 amide bonds. The van der Waals surface area contributed by atoms with E-state index in [1.54, 1.807) is 45.6 Å². The number of hydrogen-bond donors (Lipinski definition) is 1. The first kappa shape index (κ1) is 22.6. The standard InChI is InChI=1S/C26H24FNO4/c1-30-23-16-20(17-24(31-2)26(23)32-3)8-7-19-5-4-6-22(15-19)28-25(29)14-11-18-9-12-21(27)13-10-18/h4-17H,1-3H3,(H,28,29)/b8-7+,14-11+. The molecule has 0 aliphatic heterocycles. The highest BCUT2D eigenvalue weighted by Crippen LogP contribution is 2.38. The number of halogens is 1. The maximum Gasteiger partial charge on any atom is 0.248 e. The van der Waals surface area contributed by atoms with Gasteiger partial charge >= 0.3 is 0 Å². The Morgan fingerprint density at radius 1 is 0.781 bits per heavy atom. The molecule has 0 aliphatic carbocycles. The number of ether oxygens (including phenoxy) is 3.